The molecule has 0 aliphatic carbocycles. The monoisotopic (exact) mass is 284 g/mol. The standard InChI is InChI=1S/C12H12O4S2/c1-9(13)16-11-7-18(14,15)8-12(11)17-10-5-3-2-4-6-10/h2-6,8,11H,7H2,1H3. The number of carbonyl (C=O) groups excluding carboxylic acids is 1. The van der Waals surface area contributed by atoms with E-state index in [-0.39, 0.29) is 5.75 Å². The van der Waals surface area contributed by atoms with Gasteiger partial charge in [0.25, 0.3) is 0 Å². The van der Waals surface area contributed by atoms with Gasteiger partial charge in [0.2, 0.25) is 0 Å². The first kappa shape index (κ1) is 13.2. The Hall–Kier alpha value is -1.27. The lowest BCUT2D eigenvalue weighted by atomic mass is 10.4. The van der Waals surface area contributed by atoms with E-state index in [0.717, 1.165) is 4.90 Å². The minimum Gasteiger partial charge on any atom is -0.456 e. The maximum Gasteiger partial charge on any atom is 0.303 e. The molecule has 4 nitrogen and oxygen atoms in total. The van der Waals surface area contributed by atoms with Crippen LogP contribution in [-0.2, 0) is 19.4 Å². The van der Waals surface area contributed by atoms with E-state index in [1.807, 2.05) is 30.3 Å². The maximum absolute atomic E-state index is 11.5. The summed E-state index contributed by atoms with van der Waals surface area (Å²) in [4.78, 5) is 12.4. The summed E-state index contributed by atoms with van der Waals surface area (Å²) in [6.45, 7) is 1.27. The van der Waals surface area contributed by atoms with Gasteiger partial charge < -0.3 is 4.74 Å². The zero-order valence-electron chi connectivity index (χ0n) is 9.70. The second kappa shape index (κ2) is 5.16. The molecule has 18 heavy (non-hydrogen) atoms. The van der Waals surface area contributed by atoms with E-state index in [9.17, 15) is 13.2 Å². The van der Waals surface area contributed by atoms with Crippen LogP contribution in [0.15, 0.2) is 45.5 Å². The van der Waals surface area contributed by atoms with Crippen LogP contribution in [0.1, 0.15) is 6.92 Å². The van der Waals surface area contributed by atoms with Gasteiger partial charge in [-0.2, -0.15) is 0 Å². The first-order chi connectivity index (χ1) is 8.46. The Morgan fingerprint density at radius 2 is 2.00 bits per heavy atom. The lowest BCUT2D eigenvalue weighted by molar-refractivity contribution is -0.143. The van der Waals surface area contributed by atoms with Gasteiger partial charge in [-0.05, 0) is 12.1 Å². The molecule has 1 aromatic rings. The minimum atomic E-state index is -3.27. The fourth-order valence-corrected chi connectivity index (χ4v) is 4.44. The maximum atomic E-state index is 11.5. The first-order valence-corrected chi connectivity index (χ1v) is 7.84. The number of carbonyl (C=O) groups is 1. The lowest BCUT2D eigenvalue weighted by Gasteiger charge is -2.13. The normalized spacial score (nSPS) is 21.4. The molecule has 6 heteroatoms. The molecule has 0 saturated carbocycles. The van der Waals surface area contributed by atoms with Crippen molar-refractivity contribution in [1.82, 2.24) is 0 Å². The van der Waals surface area contributed by atoms with Crippen molar-refractivity contribution >= 4 is 27.6 Å². The molecule has 1 aliphatic heterocycles. The highest BCUT2D eigenvalue weighted by atomic mass is 32.2. The first-order valence-electron chi connectivity index (χ1n) is 5.31. The molecule has 0 amide bonds. The van der Waals surface area contributed by atoms with E-state index in [4.69, 9.17) is 4.74 Å². The molecular weight excluding hydrogens is 272 g/mol. The van der Waals surface area contributed by atoms with Gasteiger partial charge in [-0.15, -0.1) is 0 Å². The number of sulfone groups is 1. The topological polar surface area (TPSA) is 60.4 Å². The van der Waals surface area contributed by atoms with Crippen LogP contribution in [-0.4, -0.2) is 26.2 Å². The van der Waals surface area contributed by atoms with Crippen LogP contribution in [0.4, 0.5) is 0 Å². The third-order valence-electron chi connectivity index (χ3n) is 2.28. The number of ether oxygens (including phenoxy) is 1. The van der Waals surface area contributed by atoms with Crippen molar-refractivity contribution in [3.63, 3.8) is 0 Å². The molecule has 0 radical (unpaired) electrons. The van der Waals surface area contributed by atoms with Crippen molar-refractivity contribution in [2.45, 2.75) is 17.9 Å². The van der Waals surface area contributed by atoms with Crippen LogP contribution in [0.25, 0.3) is 0 Å². The highest BCUT2D eigenvalue weighted by molar-refractivity contribution is 8.05. The van der Waals surface area contributed by atoms with E-state index in [0.29, 0.717) is 4.91 Å². The number of hydrogen-bond acceptors (Lipinski definition) is 5. The van der Waals surface area contributed by atoms with Gasteiger partial charge in [0.1, 0.15) is 6.10 Å². The molecule has 1 atom stereocenters. The van der Waals surface area contributed by atoms with E-state index in [1.165, 1.54) is 24.1 Å². The summed E-state index contributed by atoms with van der Waals surface area (Å²) in [5.41, 5.74) is 0. The molecule has 1 aromatic carbocycles. The second-order valence-electron chi connectivity index (χ2n) is 3.86. The molecule has 1 aliphatic rings. The zero-order valence-corrected chi connectivity index (χ0v) is 11.3. The van der Waals surface area contributed by atoms with Gasteiger partial charge in [-0.25, -0.2) is 8.42 Å². The number of rotatable bonds is 3. The summed E-state index contributed by atoms with van der Waals surface area (Å²) in [7, 11) is -3.27. The van der Waals surface area contributed by atoms with Crippen LogP contribution in [0.5, 0.6) is 0 Å². The minimum absolute atomic E-state index is 0.165. The summed E-state index contributed by atoms with van der Waals surface area (Å²) in [5, 5.41) is 1.19. The highest BCUT2D eigenvalue weighted by Crippen LogP contribution is 2.35. The van der Waals surface area contributed by atoms with Gasteiger partial charge in [0, 0.05) is 22.1 Å². The van der Waals surface area contributed by atoms with Crippen molar-refractivity contribution in [1.29, 1.82) is 0 Å². The Kier molecular flexibility index (Phi) is 3.77. The second-order valence-corrected chi connectivity index (χ2v) is 6.90. The van der Waals surface area contributed by atoms with Crippen LogP contribution >= 0.6 is 11.8 Å². The Morgan fingerprint density at radius 1 is 1.33 bits per heavy atom. The van der Waals surface area contributed by atoms with E-state index < -0.39 is 21.9 Å². The molecule has 0 spiro atoms. The average Bonchev–Trinajstić information content (AvgIpc) is 2.53. The van der Waals surface area contributed by atoms with E-state index in [1.54, 1.807) is 0 Å². The predicted molar refractivity (Wildman–Crippen MR) is 69.7 cm³/mol. The van der Waals surface area contributed by atoms with Gasteiger partial charge in [0.15, 0.2) is 9.84 Å². The third kappa shape index (κ3) is 3.36. The quantitative estimate of drug-likeness (QED) is 0.794. The Bertz CT molecular complexity index is 575. The Morgan fingerprint density at radius 3 is 2.61 bits per heavy atom. The number of benzene rings is 1. The van der Waals surface area contributed by atoms with Crippen molar-refractivity contribution < 1.29 is 17.9 Å². The van der Waals surface area contributed by atoms with Crippen molar-refractivity contribution in [3.05, 3.63) is 40.6 Å². The Balaban J connectivity index is 2.20. The van der Waals surface area contributed by atoms with Crippen LogP contribution in [0, 0.1) is 0 Å². The molecular formula is C12H12O4S2. The van der Waals surface area contributed by atoms with Gasteiger partial charge in [-0.3, -0.25) is 4.79 Å². The molecule has 0 aromatic heterocycles. The summed E-state index contributed by atoms with van der Waals surface area (Å²) in [6.07, 6.45) is -0.683. The summed E-state index contributed by atoms with van der Waals surface area (Å²) in [5.74, 6) is -0.640. The van der Waals surface area contributed by atoms with E-state index >= 15 is 0 Å². The number of esters is 1. The van der Waals surface area contributed by atoms with Crippen molar-refractivity contribution in [2.24, 2.45) is 0 Å². The number of thioether (sulfide) groups is 1. The van der Waals surface area contributed by atoms with Gasteiger partial charge in [0.05, 0.1) is 5.75 Å². The fraction of sp³-hybridized carbons (Fsp3) is 0.250. The van der Waals surface area contributed by atoms with Crippen molar-refractivity contribution in [2.75, 3.05) is 5.75 Å². The molecule has 2 rings (SSSR count). The smallest absolute Gasteiger partial charge is 0.303 e. The highest BCUT2D eigenvalue weighted by Gasteiger charge is 2.32. The van der Waals surface area contributed by atoms with Gasteiger partial charge in [-0.1, -0.05) is 30.0 Å². The largest absolute Gasteiger partial charge is 0.456 e. The van der Waals surface area contributed by atoms with E-state index in [2.05, 4.69) is 0 Å². The summed E-state index contributed by atoms with van der Waals surface area (Å²) >= 11 is 1.31. The lowest BCUT2D eigenvalue weighted by Crippen LogP contribution is -2.20. The zero-order chi connectivity index (χ0) is 13.2. The molecule has 0 bridgehead atoms. The molecule has 1 unspecified atom stereocenters. The van der Waals surface area contributed by atoms with Gasteiger partial charge >= 0.3 is 5.97 Å². The number of hydrogen-bond donors (Lipinski definition) is 0. The molecule has 0 saturated heterocycles. The van der Waals surface area contributed by atoms with Crippen molar-refractivity contribution in [3.8, 4) is 0 Å². The molecule has 0 N–H and O–H groups in total. The summed E-state index contributed by atoms with van der Waals surface area (Å²) in [6, 6.07) is 9.37. The summed E-state index contributed by atoms with van der Waals surface area (Å²) < 4.78 is 28.1. The molecule has 96 valence electrons. The molecule has 0 fully saturated rings. The van der Waals surface area contributed by atoms with Crippen LogP contribution < -0.4 is 0 Å². The average molecular weight is 284 g/mol. The Labute approximate surface area is 110 Å². The van der Waals surface area contributed by atoms with Crippen LogP contribution in [0.2, 0.25) is 0 Å². The SMILES string of the molecule is CC(=O)OC1CS(=O)(=O)C=C1Sc1ccccc1. The predicted octanol–water partition coefficient (Wildman–Crippen LogP) is 1.98. The third-order valence-corrected chi connectivity index (χ3v) is 4.94. The fourth-order valence-electron chi connectivity index (χ4n) is 1.60. The van der Waals surface area contributed by atoms with Crippen LogP contribution in [0.3, 0.4) is 0 Å². The molecule has 1 heterocycles.